The predicted molar refractivity (Wildman–Crippen MR) is 65.8 cm³/mol. The van der Waals surface area contributed by atoms with Crippen LogP contribution in [0.1, 0.15) is 33.1 Å². The molecule has 0 aromatic carbocycles. The lowest BCUT2D eigenvalue weighted by molar-refractivity contribution is -0.147. The Balaban J connectivity index is 1.75. The van der Waals surface area contributed by atoms with Crippen molar-refractivity contribution in [3.8, 4) is 0 Å². The van der Waals surface area contributed by atoms with E-state index in [1.807, 2.05) is 6.92 Å². The Labute approximate surface area is 108 Å². The Bertz CT molecular complexity index is 443. The topological polar surface area (TPSA) is 38.8 Å². The zero-order valence-electron chi connectivity index (χ0n) is 11.0. The van der Waals surface area contributed by atoms with Crippen LogP contribution in [0.3, 0.4) is 0 Å². The first-order chi connectivity index (χ1) is 8.52. The second-order valence-corrected chi connectivity index (χ2v) is 6.71. The number of allylic oxidation sites excluding steroid dienone is 1. The zero-order valence-corrected chi connectivity index (χ0v) is 11.0. The fraction of sp³-hybridized carbons (Fsp3) is 0.800. The van der Waals surface area contributed by atoms with Gasteiger partial charge in [-0.2, -0.15) is 0 Å². The highest BCUT2D eigenvalue weighted by molar-refractivity contribution is 5.75. The van der Waals surface area contributed by atoms with Crippen LogP contribution in [0.25, 0.3) is 0 Å². The van der Waals surface area contributed by atoms with Gasteiger partial charge in [-0.3, -0.25) is 4.79 Å². The smallest absolute Gasteiger partial charge is 0.309 e. The van der Waals surface area contributed by atoms with Gasteiger partial charge in [0.25, 0.3) is 0 Å². The van der Waals surface area contributed by atoms with Crippen LogP contribution >= 0.6 is 0 Å². The average Bonchev–Trinajstić information content (AvgIpc) is 2.82. The first-order valence-corrected chi connectivity index (χ1v) is 7.08. The van der Waals surface area contributed by atoms with Gasteiger partial charge in [-0.1, -0.05) is 19.1 Å². The number of fused-ring (bicyclic) bond motifs is 5. The van der Waals surface area contributed by atoms with Crippen LogP contribution in [0.5, 0.6) is 0 Å². The molecular weight excluding hydrogens is 228 g/mol. The summed E-state index contributed by atoms with van der Waals surface area (Å²) >= 11 is 0. The number of carbonyl (C=O) groups is 1. The minimum atomic E-state index is -0.0504. The molecular formula is C15H20O3. The monoisotopic (exact) mass is 248 g/mol. The van der Waals surface area contributed by atoms with Crippen LogP contribution < -0.4 is 0 Å². The molecule has 3 nitrogen and oxygen atoms in total. The highest BCUT2D eigenvalue weighted by atomic mass is 16.6. The number of ether oxygens (including phenoxy) is 2. The molecule has 0 spiro atoms. The van der Waals surface area contributed by atoms with Gasteiger partial charge in [0.2, 0.25) is 0 Å². The molecule has 4 aliphatic rings. The number of rotatable bonds is 0. The van der Waals surface area contributed by atoms with Crippen LogP contribution in [0.15, 0.2) is 12.2 Å². The maximum atomic E-state index is 11.9. The average molecular weight is 248 g/mol. The third-order valence-electron chi connectivity index (χ3n) is 5.91. The number of carbonyl (C=O) groups excluding carboxylic acids is 1. The lowest BCUT2D eigenvalue weighted by Crippen LogP contribution is -2.37. The molecule has 0 amide bonds. The van der Waals surface area contributed by atoms with E-state index in [1.54, 1.807) is 0 Å². The molecule has 0 unspecified atom stereocenters. The van der Waals surface area contributed by atoms with E-state index in [-0.39, 0.29) is 23.6 Å². The molecule has 2 aliphatic carbocycles. The molecule has 0 aromatic heterocycles. The van der Waals surface area contributed by atoms with E-state index in [4.69, 9.17) is 9.47 Å². The fourth-order valence-electron chi connectivity index (χ4n) is 4.68. The molecule has 3 heteroatoms. The number of epoxide rings is 1. The van der Waals surface area contributed by atoms with Crippen molar-refractivity contribution in [3.05, 3.63) is 12.2 Å². The number of hydrogen-bond donors (Lipinski definition) is 0. The minimum absolute atomic E-state index is 0.0102. The van der Waals surface area contributed by atoms with E-state index in [0.29, 0.717) is 23.9 Å². The lowest BCUT2D eigenvalue weighted by atomic mass is 9.77. The predicted octanol–water partition coefficient (Wildman–Crippen LogP) is 2.31. The number of esters is 1. The molecule has 2 saturated carbocycles. The van der Waals surface area contributed by atoms with Gasteiger partial charge in [0.1, 0.15) is 6.10 Å². The minimum Gasteiger partial charge on any atom is -0.461 e. The Morgan fingerprint density at radius 3 is 3.00 bits per heavy atom. The summed E-state index contributed by atoms with van der Waals surface area (Å²) in [4.78, 5) is 11.9. The van der Waals surface area contributed by atoms with E-state index in [0.717, 1.165) is 19.3 Å². The van der Waals surface area contributed by atoms with E-state index >= 15 is 0 Å². The summed E-state index contributed by atoms with van der Waals surface area (Å²) in [5.74, 6) is 1.24. The summed E-state index contributed by atoms with van der Waals surface area (Å²) in [7, 11) is 0. The van der Waals surface area contributed by atoms with Crippen molar-refractivity contribution in [3.63, 3.8) is 0 Å². The molecule has 2 aliphatic heterocycles. The molecule has 0 N–H and O–H groups in total. The quantitative estimate of drug-likeness (QED) is 0.375. The molecule has 4 rings (SSSR count). The highest BCUT2D eigenvalue weighted by Crippen LogP contribution is 2.63. The second kappa shape index (κ2) is 3.19. The van der Waals surface area contributed by atoms with Gasteiger partial charge >= 0.3 is 5.97 Å². The third kappa shape index (κ3) is 1.16. The van der Waals surface area contributed by atoms with Crippen LogP contribution in [-0.2, 0) is 14.3 Å². The van der Waals surface area contributed by atoms with Crippen LogP contribution in [-0.4, -0.2) is 23.8 Å². The highest BCUT2D eigenvalue weighted by Gasteiger charge is 2.70. The Morgan fingerprint density at radius 1 is 1.44 bits per heavy atom. The summed E-state index contributed by atoms with van der Waals surface area (Å²) in [6, 6.07) is 0. The fourth-order valence-corrected chi connectivity index (χ4v) is 4.68. The largest absolute Gasteiger partial charge is 0.461 e. The Kier molecular flexibility index (Phi) is 1.95. The molecule has 2 saturated heterocycles. The van der Waals surface area contributed by atoms with E-state index in [1.165, 1.54) is 5.57 Å². The van der Waals surface area contributed by atoms with Gasteiger partial charge in [-0.05, 0) is 32.1 Å². The maximum Gasteiger partial charge on any atom is 0.309 e. The first kappa shape index (κ1) is 11.0. The van der Waals surface area contributed by atoms with Gasteiger partial charge in [0.15, 0.2) is 0 Å². The van der Waals surface area contributed by atoms with Crippen molar-refractivity contribution in [1.29, 1.82) is 0 Å². The summed E-state index contributed by atoms with van der Waals surface area (Å²) in [6.07, 6.45) is 3.61. The standard InChI is InChI=1S/C15H20O3/c1-7-4-5-9-8(2)14(16)17-13(9)12-10(7)6-11-15(12,3)18-11/h8-13H,1,4-6H2,2-3H3/t8-,9-,10-,11+,12-,13-,15+/m0/s1. The zero-order chi connectivity index (χ0) is 12.7. The first-order valence-electron chi connectivity index (χ1n) is 7.08. The lowest BCUT2D eigenvalue weighted by Gasteiger charge is -2.30. The van der Waals surface area contributed by atoms with Gasteiger partial charge in [-0.15, -0.1) is 0 Å². The normalized spacial score (nSPS) is 57.4. The summed E-state index contributed by atoms with van der Waals surface area (Å²) in [5, 5.41) is 0. The molecule has 7 atom stereocenters. The SMILES string of the molecule is C=C1CC[C@@H]2[C@H](OC(=O)[C@H]2C)[C@@H]2[C@H]1C[C@H]1O[C@@]21C. The molecule has 4 fully saturated rings. The Morgan fingerprint density at radius 2 is 2.22 bits per heavy atom. The van der Waals surface area contributed by atoms with Crippen molar-refractivity contribution in [2.75, 3.05) is 0 Å². The van der Waals surface area contributed by atoms with Gasteiger partial charge in [0, 0.05) is 11.8 Å². The van der Waals surface area contributed by atoms with Gasteiger partial charge < -0.3 is 9.47 Å². The maximum absolute atomic E-state index is 11.9. The molecule has 18 heavy (non-hydrogen) atoms. The second-order valence-electron chi connectivity index (χ2n) is 6.71. The molecule has 2 heterocycles. The number of hydrogen-bond acceptors (Lipinski definition) is 3. The van der Waals surface area contributed by atoms with Crippen molar-refractivity contribution in [2.24, 2.45) is 23.7 Å². The molecule has 98 valence electrons. The van der Waals surface area contributed by atoms with Crippen LogP contribution in [0.4, 0.5) is 0 Å². The summed E-state index contributed by atoms with van der Waals surface area (Å²) in [5.41, 5.74) is 1.31. The molecule has 0 bridgehead atoms. The van der Waals surface area contributed by atoms with Gasteiger partial charge in [0.05, 0.1) is 17.6 Å². The molecule has 0 aromatic rings. The van der Waals surface area contributed by atoms with Crippen LogP contribution in [0, 0.1) is 23.7 Å². The van der Waals surface area contributed by atoms with E-state index in [2.05, 4.69) is 13.5 Å². The third-order valence-corrected chi connectivity index (χ3v) is 5.91. The van der Waals surface area contributed by atoms with Crippen molar-refractivity contribution in [1.82, 2.24) is 0 Å². The molecule has 0 radical (unpaired) electrons. The van der Waals surface area contributed by atoms with E-state index in [9.17, 15) is 4.79 Å². The van der Waals surface area contributed by atoms with Crippen molar-refractivity contribution in [2.45, 2.75) is 50.9 Å². The van der Waals surface area contributed by atoms with Crippen molar-refractivity contribution >= 4 is 5.97 Å². The van der Waals surface area contributed by atoms with Crippen molar-refractivity contribution < 1.29 is 14.3 Å². The van der Waals surface area contributed by atoms with E-state index < -0.39 is 0 Å². The van der Waals surface area contributed by atoms with Crippen LogP contribution in [0.2, 0.25) is 0 Å². The summed E-state index contributed by atoms with van der Waals surface area (Å²) < 4.78 is 11.6. The summed E-state index contributed by atoms with van der Waals surface area (Å²) in [6.45, 7) is 8.48. The van der Waals surface area contributed by atoms with Gasteiger partial charge in [-0.25, -0.2) is 0 Å². The Hall–Kier alpha value is -0.830.